The van der Waals surface area contributed by atoms with E-state index in [9.17, 15) is 0 Å². The Labute approximate surface area is 279 Å². The van der Waals surface area contributed by atoms with Crippen LogP contribution in [0, 0.1) is 0 Å². The highest BCUT2D eigenvalue weighted by Gasteiger charge is 2.15. The monoisotopic (exact) mass is 613 g/mol. The zero-order valence-corrected chi connectivity index (χ0v) is 26.3. The van der Waals surface area contributed by atoms with Gasteiger partial charge in [0, 0.05) is 27.8 Å². The summed E-state index contributed by atoms with van der Waals surface area (Å²) in [6, 6.07) is 67.0. The maximum absolute atomic E-state index is 6.19. The molecule has 48 heavy (non-hydrogen) atoms. The van der Waals surface area contributed by atoms with Gasteiger partial charge in [-0.1, -0.05) is 127 Å². The summed E-state index contributed by atoms with van der Waals surface area (Å²) in [7, 11) is 0. The van der Waals surface area contributed by atoms with Crippen LogP contribution in [-0.2, 0) is 0 Å². The molecule has 0 aliphatic rings. The van der Waals surface area contributed by atoms with Crippen molar-refractivity contribution in [3.63, 3.8) is 0 Å². The first-order chi connectivity index (χ1) is 23.8. The lowest BCUT2D eigenvalue weighted by molar-refractivity contribution is 0.669. The highest BCUT2D eigenvalue weighted by atomic mass is 16.3. The van der Waals surface area contributed by atoms with Gasteiger partial charge in [0.05, 0.1) is 0 Å². The van der Waals surface area contributed by atoms with Crippen LogP contribution in [0.4, 0.5) is 17.1 Å². The van der Waals surface area contributed by atoms with Crippen molar-refractivity contribution in [1.29, 1.82) is 0 Å². The van der Waals surface area contributed by atoms with E-state index < -0.39 is 0 Å². The van der Waals surface area contributed by atoms with Crippen LogP contribution < -0.4 is 4.90 Å². The normalized spacial score (nSPS) is 11.3. The maximum Gasteiger partial charge on any atom is 0.136 e. The molecule has 0 unspecified atom stereocenters. The highest BCUT2D eigenvalue weighted by molar-refractivity contribution is 6.05. The first-order valence-electron chi connectivity index (χ1n) is 16.3. The number of furan rings is 1. The molecule has 9 aromatic rings. The summed E-state index contributed by atoms with van der Waals surface area (Å²) in [4.78, 5) is 2.32. The Bertz CT molecular complexity index is 2530. The van der Waals surface area contributed by atoms with Gasteiger partial charge in [-0.2, -0.15) is 0 Å². The fourth-order valence-electron chi connectivity index (χ4n) is 6.76. The molecule has 0 atom stereocenters. The molecular formula is C46H31NO. The van der Waals surface area contributed by atoms with Crippen LogP contribution in [0.2, 0.25) is 0 Å². The van der Waals surface area contributed by atoms with E-state index in [0.717, 1.165) is 50.1 Å². The van der Waals surface area contributed by atoms with Crippen molar-refractivity contribution < 1.29 is 4.42 Å². The molecule has 0 fully saturated rings. The number of hydrogen-bond donors (Lipinski definition) is 0. The first-order valence-corrected chi connectivity index (χ1v) is 16.3. The van der Waals surface area contributed by atoms with Crippen LogP contribution in [-0.4, -0.2) is 0 Å². The van der Waals surface area contributed by atoms with Crippen molar-refractivity contribution in [2.45, 2.75) is 0 Å². The van der Waals surface area contributed by atoms with E-state index in [-0.39, 0.29) is 0 Å². The quantitative estimate of drug-likeness (QED) is 0.185. The van der Waals surface area contributed by atoms with Crippen LogP contribution in [0.1, 0.15) is 0 Å². The minimum Gasteiger partial charge on any atom is -0.456 e. The van der Waals surface area contributed by atoms with Crippen molar-refractivity contribution >= 4 is 49.8 Å². The number of benzene rings is 8. The molecule has 0 saturated heterocycles. The van der Waals surface area contributed by atoms with E-state index >= 15 is 0 Å². The Kier molecular flexibility index (Phi) is 6.84. The molecule has 0 spiro atoms. The average Bonchev–Trinajstić information content (AvgIpc) is 3.54. The lowest BCUT2D eigenvalue weighted by atomic mass is 10.0. The van der Waals surface area contributed by atoms with Crippen LogP contribution in [0.3, 0.4) is 0 Å². The van der Waals surface area contributed by atoms with E-state index in [4.69, 9.17) is 4.42 Å². The summed E-state index contributed by atoms with van der Waals surface area (Å²) in [5.74, 6) is 0. The molecule has 0 radical (unpaired) electrons. The molecule has 226 valence electrons. The number of anilines is 3. The van der Waals surface area contributed by atoms with E-state index in [2.05, 4.69) is 181 Å². The molecule has 2 heteroatoms. The van der Waals surface area contributed by atoms with Gasteiger partial charge in [-0.25, -0.2) is 0 Å². The molecule has 2 nitrogen and oxygen atoms in total. The second-order valence-corrected chi connectivity index (χ2v) is 12.2. The number of fused-ring (bicyclic) bond motifs is 4. The topological polar surface area (TPSA) is 16.4 Å². The van der Waals surface area contributed by atoms with Gasteiger partial charge in [0.25, 0.3) is 0 Å². The third kappa shape index (κ3) is 5.10. The maximum atomic E-state index is 6.19. The lowest BCUT2D eigenvalue weighted by Crippen LogP contribution is -2.09. The van der Waals surface area contributed by atoms with Crippen molar-refractivity contribution in [2.75, 3.05) is 4.90 Å². The van der Waals surface area contributed by atoms with Crippen LogP contribution in [0.15, 0.2) is 192 Å². The van der Waals surface area contributed by atoms with Gasteiger partial charge in [0.15, 0.2) is 0 Å². The van der Waals surface area contributed by atoms with Gasteiger partial charge >= 0.3 is 0 Å². The predicted octanol–water partition coefficient (Wildman–Crippen LogP) is 13.2. The molecule has 0 aliphatic heterocycles. The Morgan fingerprint density at radius 3 is 1.42 bits per heavy atom. The smallest absolute Gasteiger partial charge is 0.136 e. The van der Waals surface area contributed by atoms with Gasteiger partial charge in [0.1, 0.15) is 11.2 Å². The average molecular weight is 614 g/mol. The molecule has 0 saturated carbocycles. The van der Waals surface area contributed by atoms with E-state index in [1.807, 2.05) is 12.1 Å². The zero-order chi connectivity index (χ0) is 31.9. The minimum atomic E-state index is 0.907. The number of rotatable bonds is 6. The van der Waals surface area contributed by atoms with E-state index in [0.29, 0.717) is 0 Å². The Hall–Kier alpha value is -6.38. The molecule has 0 N–H and O–H groups in total. The molecule has 8 aromatic carbocycles. The fraction of sp³-hybridized carbons (Fsp3) is 0. The number of hydrogen-bond acceptors (Lipinski definition) is 2. The van der Waals surface area contributed by atoms with Crippen molar-refractivity contribution in [2.24, 2.45) is 0 Å². The second kappa shape index (κ2) is 11.8. The lowest BCUT2D eigenvalue weighted by Gasteiger charge is -2.26. The third-order valence-corrected chi connectivity index (χ3v) is 9.28. The zero-order valence-electron chi connectivity index (χ0n) is 26.3. The Balaban J connectivity index is 1.08. The van der Waals surface area contributed by atoms with Gasteiger partial charge in [-0.3, -0.25) is 0 Å². The molecule has 1 heterocycles. The molecule has 0 aliphatic carbocycles. The largest absolute Gasteiger partial charge is 0.456 e. The molecular weight excluding hydrogens is 583 g/mol. The Morgan fingerprint density at radius 1 is 0.292 bits per heavy atom. The van der Waals surface area contributed by atoms with E-state index in [1.165, 1.54) is 33.0 Å². The standard InChI is InChI=1S/C46H31NO/c1-2-8-32(9-3-1)34-16-23-40(24-17-34)47(41-25-18-35(19-26-41)38-15-14-33-10-4-5-11-37(33)30-38)42-27-20-36(21-28-42)39-22-29-44-43-12-6-7-13-45(43)48-46(44)31-39/h1-31H. The fourth-order valence-corrected chi connectivity index (χ4v) is 6.76. The van der Waals surface area contributed by atoms with Crippen LogP contribution >= 0.6 is 0 Å². The van der Waals surface area contributed by atoms with E-state index in [1.54, 1.807) is 0 Å². The van der Waals surface area contributed by atoms with Gasteiger partial charge in [-0.05, 0) is 105 Å². The molecule has 0 amide bonds. The summed E-state index contributed by atoms with van der Waals surface area (Å²) >= 11 is 0. The van der Waals surface area contributed by atoms with Gasteiger partial charge in [-0.15, -0.1) is 0 Å². The summed E-state index contributed by atoms with van der Waals surface area (Å²) < 4.78 is 6.19. The highest BCUT2D eigenvalue weighted by Crippen LogP contribution is 2.39. The van der Waals surface area contributed by atoms with Crippen molar-refractivity contribution in [1.82, 2.24) is 0 Å². The third-order valence-electron chi connectivity index (χ3n) is 9.28. The van der Waals surface area contributed by atoms with Crippen molar-refractivity contribution in [3.8, 4) is 33.4 Å². The number of nitrogens with zero attached hydrogens (tertiary/aromatic N) is 1. The minimum absolute atomic E-state index is 0.907. The molecule has 9 rings (SSSR count). The summed E-state index contributed by atoms with van der Waals surface area (Å²) in [6.45, 7) is 0. The second-order valence-electron chi connectivity index (χ2n) is 12.2. The summed E-state index contributed by atoms with van der Waals surface area (Å²) in [5.41, 5.74) is 12.2. The SMILES string of the molecule is c1ccc(-c2ccc(N(c3ccc(-c4ccc5ccccc5c4)cc3)c3ccc(-c4ccc5c(c4)oc4ccccc45)cc3)cc2)cc1. The summed E-state index contributed by atoms with van der Waals surface area (Å²) in [6.07, 6.45) is 0. The van der Waals surface area contributed by atoms with Gasteiger partial charge < -0.3 is 9.32 Å². The Morgan fingerprint density at radius 2 is 0.750 bits per heavy atom. The van der Waals surface area contributed by atoms with Crippen molar-refractivity contribution in [3.05, 3.63) is 188 Å². The van der Waals surface area contributed by atoms with Crippen LogP contribution in [0.5, 0.6) is 0 Å². The molecule has 1 aromatic heterocycles. The summed E-state index contributed by atoms with van der Waals surface area (Å²) in [5, 5.41) is 4.79. The predicted molar refractivity (Wildman–Crippen MR) is 202 cm³/mol. The van der Waals surface area contributed by atoms with Crippen LogP contribution in [0.25, 0.3) is 66.1 Å². The molecule has 0 bridgehead atoms. The van der Waals surface area contributed by atoms with Gasteiger partial charge in [0.2, 0.25) is 0 Å². The number of para-hydroxylation sites is 1. The first kappa shape index (κ1) is 27.9.